The van der Waals surface area contributed by atoms with Gasteiger partial charge < -0.3 is 20.3 Å². The quantitative estimate of drug-likeness (QED) is 0.781. The number of carbonyl (C=O) groups excluding carboxylic acids is 1. The number of hydrogen-bond donors (Lipinski definition) is 2. The second kappa shape index (κ2) is 9.39. The second-order valence-electron chi connectivity index (χ2n) is 7.00. The van der Waals surface area contributed by atoms with Crippen molar-refractivity contribution in [3.63, 3.8) is 0 Å². The number of rotatable bonds is 6. The minimum absolute atomic E-state index is 0.228. The van der Waals surface area contributed by atoms with Crippen LogP contribution in [0.25, 0.3) is 0 Å². The van der Waals surface area contributed by atoms with E-state index >= 15 is 0 Å². The molecule has 0 unspecified atom stereocenters. The molecule has 1 aromatic carbocycles. The molecule has 7 nitrogen and oxygen atoms in total. The van der Waals surface area contributed by atoms with Crippen LogP contribution in [0.2, 0.25) is 0 Å². The highest BCUT2D eigenvalue weighted by Crippen LogP contribution is 2.20. The molecular weight excluding hydrogens is 354 g/mol. The molecule has 2 heterocycles. The molecule has 1 aromatic heterocycles. The predicted octanol–water partition coefficient (Wildman–Crippen LogP) is 4.12. The second-order valence-corrected chi connectivity index (χ2v) is 7.00. The van der Waals surface area contributed by atoms with Crippen molar-refractivity contribution >= 4 is 23.5 Å². The van der Waals surface area contributed by atoms with Crippen LogP contribution in [0, 0.1) is 6.92 Å². The largest absolute Gasteiger partial charge is 0.450 e. The lowest BCUT2D eigenvalue weighted by Gasteiger charge is -2.31. The van der Waals surface area contributed by atoms with E-state index in [-0.39, 0.29) is 12.1 Å². The van der Waals surface area contributed by atoms with Gasteiger partial charge in [-0.15, -0.1) is 0 Å². The number of ether oxygens (including phenoxy) is 1. The molecule has 1 aliphatic rings. The molecule has 1 aliphatic heterocycles. The Morgan fingerprint density at radius 1 is 1.18 bits per heavy atom. The molecule has 2 N–H and O–H groups in total. The highest BCUT2D eigenvalue weighted by Gasteiger charge is 2.24. The number of anilines is 3. The minimum atomic E-state index is -0.228. The van der Waals surface area contributed by atoms with Gasteiger partial charge in [-0.25, -0.2) is 9.78 Å². The number of benzene rings is 1. The molecule has 0 atom stereocenters. The van der Waals surface area contributed by atoms with E-state index in [9.17, 15) is 4.79 Å². The number of nitrogens with one attached hydrogen (secondary N) is 2. The van der Waals surface area contributed by atoms with Crippen molar-refractivity contribution in [1.29, 1.82) is 0 Å². The zero-order valence-electron chi connectivity index (χ0n) is 16.9. The molecule has 0 bridgehead atoms. The van der Waals surface area contributed by atoms with Gasteiger partial charge in [0.2, 0.25) is 5.95 Å². The molecule has 0 radical (unpaired) electrons. The number of nitrogens with zero attached hydrogens (tertiary/aromatic N) is 3. The Bertz CT molecular complexity index is 786. The van der Waals surface area contributed by atoms with Crippen LogP contribution in [0.1, 0.15) is 37.9 Å². The first-order chi connectivity index (χ1) is 13.6. The molecule has 150 valence electrons. The number of carbonyl (C=O) groups is 1. The number of amides is 1. The maximum atomic E-state index is 11.8. The van der Waals surface area contributed by atoms with E-state index in [0.717, 1.165) is 36.5 Å². The number of hydrogen-bond acceptors (Lipinski definition) is 6. The van der Waals surface area contributed by atoms with E-state index < -0.39 is 0 Å². The van der Waals surface area contributed by atoms with E-state index in [0.29, 0.717) is 25.6 Å². The van der Waals surface area contributed by atoms with Crippen LogP contribution < -0.4 is 10.6 Å². The maximum absolute atomic E-state index is 11.8. The van der Waals surface area contributed by atoms with Crippen LogP contribution in [0.5, 0.6) is 0 Å². The molecule has 1 amide bonds. The van der Waals surface area contributed by atoms with E-state index in [1.54, 1.807) is 4.90 Å². The van der Waals surface area contributed by atoms with E-state index in [4.69, 9.17) is 4.74 Å². The molecule has 0 spiro atoms. The van der Waals surface area contributed by atoms with Gasteiger partial charge in [-0.1, -0.05) is 19.1 Å². The van der Waals surface area contributed by atoms with Crippen LogP contribution in [0.3, 0.4) is 0 Å². The fraction of sp³-hybridized carbons (Fsp3) is 0.476. The summed E-state index contributed by atoms with van der Waals surface area (Å²) in [5, 5.41) is 6.77. The lowest BCUT2D eigenvalue weighted by atomic mass is 10.1. The summed E-state index contributed by atoms with van der Waals surface area (Å²) in [6, 6.07) is 10.5. The molecule has 1 saturated heterocycles. The van der Waals surface area contributed by atoms with Crippen molar-refractivity contribution in [2.75, 3.05) is 30.3 Å². The van der Waals surface area contributed by atoms with Gasteiger partial charge in [-0.05, 0) is 50.8 Å². The lowest BCUT2D eigenvalue weighted by Crippen LogP contribution is -2.42. The highest BCUT2D eigenvalue weighted by molar-refractivity contribution is 5.67. The van der Waals surface area contributed by atoms with E-state index in [1.165, 1.54) is 5.56 Å². The molecule has 28 heavy (non-hydrogen) atoms. The van der Waals surface area contributed by atoms with Crippen molar-refractivity contribution in [3.8, 4) is 0 Å². The third-order valence-electron chi connectivity index (χ3n) is 4.84. The van der Waals surface area contributed by atoms with E-state index in [1.807, 2.05) is 19.9 Å². The lowest BCUT2D eigenvalue weighted by molar-refractivity contribution is 0.0983. The fourth-order valence-corrected chi connectivity index (χ4v) is 3.27. The standard InChI is InChI=1S/C21H29N5O2/c1-4-16-6-8-17(9-7-16)23-19-14-15(3)22-20(25-19)24-18-10-12-26(13-11-18)21(27)28-5-2/h6-9,14,18H,4-5,10-13H2,1-3H3,(H2,22,23,24,25). The highest BCUT2D eigenvalue weighted by atomic mass is 16.6. The van der Waals surface area contributed by atoms with Crippen LogP contribution in [0.15, 0.2) is 30.3 Å². The zero-order valence-corrected chi connectivity index (χ0v) is 16.9. The molecule has 1 fully saturated rings. The van der Waals surface area contributed by atoms with Gasteiger partial charge in [0.25, 0.3) is 0 Å². The van der Waals surface area contributed by atoms with Crippen LogP contribution >= 0.6 is 0 Å². The molecule has 0 saturated carbocycles. The third kappa shape index (κ3) is 5.34. The Kier molecular flexibility index (Phi) is 6.68. The van der Waals surface area contributed by atoms with Gasteiger partial charge in [0, 0.05) is 36.6 Å². The summed E-state index contributed by atoms with van der Waals surface area (Å²) in [6.45, 7) is 7.69. The average molecular weight is 383 g/mol. The van der Waals surface area contributed by atoms with Crippen LogP contribution in [0.4, 0.5) is 22.2 Å². The molecule has 3 rings (SSSR count). The van der Waals surface area contributed by atoms with E-state index in [2.05, 4.69) is 51.8 Å². The Labute approximate surface area is 166 Å². The van der Waals surface area contributed by atoms with Gasteiger partial charge in [-0.2, -0.15) is 4.98 Å². The average Bonchev–Trinajstić information content (AvgIpc) is 2.69. The summed E-state index contributed by atoms with van der Waals surface area (Å²) in [5.41, 5.74) is 3.21. The Morgan fingerprint density at radius 3 is 2.54 bits per heavy atom. The van der Waals surface area contributed by atoms with Crippen molar-refractivity contribution in [2.45, 2.75) is 46.1 Å². The monoisotopic (exact) mass is 383 g/mol. The summed E-state index contributed by atoms with van der Waals surface area (Å²) in [5.74, 6) is 1.38. The van der Waals surface area contributed by atoms with Crippen LogP contribution in [-0.4, -0.2) is 46.7 Å². The number of aryl methyl sites for hydroxylation is 2. The SMILES string of the molecule is CCOC(=O)N1CCC(Nc2nc(C)cc(Nc3ccc(CC)cc3)n2)CC1. The van der Waals surface area contributed by atoms with Crippen molar-refractivity contribution in [2.24, 2.45) is 0 Å². The first-order valence-electron chi connectivity index (χ1n) is 9.97. The fourth-order valence-electron chi connectivity index (χ4n) is 3.27. The van der Waals surface area contributed by atoms with Gasteiger partial charge in [0.1, 0.15) is 5.82 Å². The number of aromatic nitrogens is 2. The normalized spacial score (nSPS) is 14.6. The molecule has 0 aliphatic carbocycles. The summed E-state index contributed by atoms with van der Waals surface area (Å²) >= 11 is 0. The van der Waals surface area contributed by atoms with Gasteiger partial charge in [0.05, 0.1) is 6.61 Å². The number of likely N-dealkylation sites (tertiary alicyclic amines) is 1. The summed E-state index contributed by atoms with van der Waals surface area (Å²) in [6.07, 6.45) is 2.48. The summed E-state index contributed by atoms with van der Waals surface area (Å²) in [4.78, 5) is 22.7. The predicted molar refractivity (Wildman–Crippen MR) is 111 cm³/mol. The Hall–Kier alpha value is -2.83. The Balaban J connectivity index is 1.59. The third-order valence-corrected chi connectivity index (χ3v) is 4.84. The molecular formula is C21H29N5O2. The van der Waals surface area contributed by atoms with Crippen LogP contribution in [-0.2, 0) is 11.2 Å². The van der Waals surface area contributed by atoms with Gasteiger partial charge >= 0.3 is 6.09 Å². The summed E-state index contributed by atoms with van der Waals surface area (Å²) < 4.78 is 5.07. The molecule has 7 heteroatoms. The Morgan fingerprint density at radius 2 is 1.89 bits per heavy atom. The first kappa shape index (κ1) is 19.9. The van der Waals surface area contributed by atoms with Gasteiger partial charge in [-0.3, -0.25) is 0 Å². The number of piperidine rings is 1. The maximum Gasteiger partial charge on any atom is 0.409 e. The summed E-state index contributed by atoms with van der Waals surface area (Å²) in [7, 11) is 0. The van der Waals surface area contributed by atoms with Crippen molar-refractivity contribution < 1.29 is 9.53 Å². The van der Waals surface area contributed by atoms with Crippen molar-refractivity contribution in [3.05, 3.63) is 41.6 Å². The smallest absolute Gasteiger partial charge is 0.409 e. The van der Waals surface area contributed by atoms with Crippen molar-refractivity contribution in [1.82, 2.24) is 14.9 Å². The topological polar surface area (TPSA) is 79.4 Å². The zero-order chi connectivity index (χ0) is 19.9. The van der Waals surface area contributed by atoms with Gasteiger partial charge in [0.15, 0.2) is 0 Å². The minimum Gasteiger partial charge on any atom is -0.450 e. The molecule has 2 aromatic rings. The first-order valence-corrected chi connectivity index (χ1v) is 9.97.